The molecule has 0 aliphatic heterocycles. The van der Waals surface area contributed by atoms with Crippen molar-refractivity contribution in [2.45, 2.75) is 6.92 Å². The van der Waals surface area contributed by atoms with Crippen LogP contribution in [0.2, 0.25) is 0 Å². The molecule has 0 fully saturated rings. The van der Waals surface area contributed by atoms with E-state index >= 15 is 0 Å². The number of carbonyl (C=O) groups excluding carboxylic acids is 1. The predicted octanol–water partition coefficient (Wildman–Crippen LogP) is 0.595. The fraction of sp³-hybridized carbons (Fsp3) is 0.429. The highest BCUT2D eigenvalue weighted by atomic mass is 16.5. The fourth-order valence-corrected chi connectivity index (χ4v) is 0.719. The van der Waals surface area contributed by atoms with Crippen molar-refractivity contribution in [2.24, 2.45) is 0 Å². The van der Waals surface area contributed by atoms with E-state index in [4.69, 9.17) is 9.47 Å². The number of rotatable bonds is 3. The van der Waals surface area contributed by atoms with Crippen molar-refractivity contribution in [2.75, 3.05) is 13.7 Å². The van der Waals surface area contributed by atoms with E-state index in [2.05, 4.69) is 9.97 Å². The van der Waals surface area contributed by atoms with Crippen molar-refractivity contribution in [3.05, 3.63) is 11.9 Å². The highest BCUT2D eigenvalue weighted by Crippen LogP contribution is 2.04. The van der Waals surface area contributed by atoms with E-state index in [-0.39, 0.29) is 0 Å². The largest absolute Gasteiger partial charge is 0.468 e. The molecule has 1 aromatic rings. The zero-order valence-electron chi connectivity index (χ0n) is 6.96. The standard InChI is InChI=1S/C7H10N2O3/c1-3-12-6(10)5-4-8-7(9-5)11-2/h4H,3H2,1-2H3,(H,8,9). The van der Waals surface area contributed by atoms with Gasteiger partial charge in [0.1, 0.15) is 5.69 Å². The normalized spacial score (nSPS) is 9.50. The number of imidazole rings is 1. The van der Waals surface area contributed by atoms with Crippen LogP contribution in [0, 0.1) is 0 Å². The Balaban J connectivity index is 2.68. The molecule has 1 N–H and O–H groups in total. The molecule has 5 nitrogen and oxygen atoms in total. The van der Waals surface area contributed by atoms with Crippen LogP contribution in [0.1, 0.15) is 17.4 Å². The Morgan fingerprint density at radius 3 is 3.00 bits per heavy atom. The Kier molecular flexibility index (Phi) is 2.68. The smallest absolute Gasteiger partial charge is 0.356 e. The Bertz CT molecular complexity index is 269. The van der Waals surface area contributed by atoms with E-state index in [1.165, 1.54) is 13.3 Å². The third kappa shape index (κ3) is 1.75. The van der Waals surface area contributed by atoms with Crippen LogP contribution in [0.4, 0.5) is 0 Å². The van der Waals surface area contributed by atoms with Gasteiger partial charge in [-0.3, -0.25) is 0 Å². The van der Waals surface area contributed by atoms with Crippen LogP contribution < -0.4 is 4.74 Å². The second kappa shape index (κ2) is 3.75. The average molecular weight is 170 g/mol. The number of H-pyrrole nitrogens is 1. The van der Waals surface area contributed by atoms with Crippen LogP contribution in [0.5, 0.6) is 6.01 Å². The van der Waals surface area contributed by atoms with Gasteiger partial charge in [-0.15, -0.1) is 0 Å². The molecule has 1 rings (SSSR count). The van der Waals surface area contributed by atoms with Crippen molar-refractivity contribution < 1.29 is 14.3 Å². The average Bonchev–Trinajstić information content (AvgIpc) is 2.52. The molecule has 0 aliphatic carbocycles. The summed E-state index contributed by atoms with van der Waals surface area (Å²) in [4.78, 5) is 17.4. The zero-order chi connectivity index (χ0) is 8.97. The Labute approximate surface area is 69.7 Å². The van der Waals surface area contributed by atoms with Crippen molar-refractivity contribution >= 4 is 5.97 Å². The number of methoxy groups -OCH3 is 1. The SMILES string of the molecule is CCOC(=O)c1cnc(OC)[nH]1. The maximum atomic E-state index is 11.0. The quantitative estimate of drug-likeness (QED) is 0.674. The van der Waals surface area contributed by atoms with Crippen LogP contribution in [0.3, 0.4) is 0 Å². The van der Waals surface area contributed by atoms with E-state index in [1.807, 2.05) is 0 Å². The summed E-state index contributed by atoms with van der Waals surface area (Å²) in [6.07, 6.45) is 1.37. The first-order valence-corrected chi connectivity index (χ1v) is 3.54. The summed E-state index contributed by atoms with van der Waals surface area (Å²) in [6.45, 7) is 2.09. The summed E-state index contributed by atoms with van der Waals surface area (Å²) in [6, 6.07) is 0.304. The number of aromatic amines is 1. The van der Waals surface area contributed by atoms with Crippen LogP contribution in [0.25, 0.3) is 0 Å². The number of ether oxygens (including phenoxy) is 2. The van der Waals surface area contributed by atoms with Crippen molar-refractivity contribution in [3.8, 4) is 6.01 Å². The molecule has 12 heavy (non-hydrogen) atoms. The summed E-state index contributed by atoms with van der Waals surface area (Å²) in [5, 5.41) is 0. The van der Waals surface area contributed by atoms with Gasteiger partial charge in [0.05, 0.1) is 19.9 Å². The minimum atomic E-state index is -0.423. The number of nitrogens with one attached hydrogen (secondary N) is 1. The highest BCUT2D eigenvalue weighted by Gasteiger charge is 2.09. The molecular weight excluding hydrogens is 160 g/mol. The maximum Gasteiger partial charge on any atom is 0.356 e. The van der Waals surface area contributed by atoms with Crippen LogP contribution in [-0.4, -0.2) is 29.7 Å². The third-order valence-electron chi connectivity index (χ3n) is 1.24. The summed E-state index contributed by atoms with van der Waals surface area (Å²) in [5.74, 6) is -0.423. The van der Waals surface area contributed by atoms with Crippen molar-refractivity contribution in [3.63, 3.8) is 0 Å². The van der Waals surface area contributed by atoms with E-state index in [0.29, 0.717) is 18.3 Å². The van der Waals surface area contributed by atoms with Gasteiger partial charge in [-0.05, 0) is 6.92 Å². The summed E-state index contributed by atoms with van der Waals surface area (Å²) >= 11 is 0. The molecule has 0 saturated carbocycles. The first-order chi connectivity index (χ1) is 5.77. The van der Waals surface area contributed by atoms with E-state index in [9.17, 15) is 4.79 Å². The molecule has 1 heterocycles. The first-order valence-electron chi connectivity index (χ1n) is 3.54. The maximum absolute atomic E-state index is 11.0. The van der Waals surface area contributed by atoms with E-state index in [1.54, 1.807) is 6.92 Å². The van der Waals surface area contributed by atoms with E-state index in [0.717, 1.165) is 0 Å². The lowest BCUT2D eigenvalue weighted by Gasteiger charge is -1.96. The molecular formula is C7H10N2O3. The van der Waals surface area contributed by atoms with Gasteiger partial charge in [-0.2, -0.15) is 0 Å². The molecule has 5 heteroatoms. The zero-order valence-corrected chi connectivity index (χ0v) is 6.96. The molecule has 0 bridgehead atoms. The van der Waals surface area contributed by atoms with Gasteiger partial charge in [0.2, 0.25) is 0 Å². The fourth-order valence-electron chi connectivity index (χ4n) is 0.719. The summed E-state index contributed by atoms with van der Waals surface area (Å²) < 4.78 is 9.47. The molecule has 0 radical (unpaired) electrons. The van der Waals surface area contributed by atoms with Crippen LogP contribution >= 0.6 is 0 Å². The summed E-state index contributed by atoms with van der Waals surface area (Å²) in [5.41, 5.74) is 0.300. The molecule has 66 valence electrons. The van der Waals surface area contributed by atoms with Gasteiger partial charge < -0.3 is 14.5 Å². The first kappa shape index (κ1) is 8.58. The Morgan fingerprint density at radius 2 is 2.50 bits per heavy atom. The van der Waals surface area contributed by atoms with Crippen molar-refractivity contribution in [1.29, 1.82) is 0 Å². The lowest BCUT2D eigenvalue weighted by Crippen LogP contribution is -2.04. The minimum Gasteiger partial charge on any atom is -0.468 e. The Hall–Kier alpha value is -1.52. The molecule has 1 aromatic heterocycles. The van der Waals surface area contributed by atoms with Gasteiger partial charge in [-0.25, -0.2) is 9.78 Å². The van der Waals surface area contributed by atoms with E-state index < -0.39 is 5.97 Å². The van der Waals surface area contributed by atoms with Gasteiger partial charge in [0.15, 0.2) is 0 Å². The molecule has 0 saturated heterocycles. The number of esters is 1. The molecule has 0 amide bonds. The third-order valence-corrected chi connectivity index (χ3v) is 1.24. The predicted molar refractivity (Wildman–Crippen MR) is 41.1 cm³/mol. The number of hydrogen-bond acceptors (Lipinski definition) is 4. The van der Waals surface area contributed by atoms with Crippen molar-refractivity contribution in [1.82, 2.24) is 9.97 Å². The molecule has 0 aliphatic rings. The molecule has 0 unspecified atom stereocenters. The minimum absolute atomic E-state index is 0.300. The molecule has 0 spiro atoms. The second-order valence-electron chi connectivity index (χ2n) is 2.03. The lowest BCUT2D eigenvalue weighted by molar-refractivity contribution is 0.0519. The monoisotopic (exact) mass is 170 g/mol. The Morgan fingerprint density at radius 1 is 1.75 bits per heavy atom. The van der Waals surface area contributed by atoms with Crippen LogP contribution in [-0.2, 0) is 4.74 Å². The van der Waals surface area contributed by atoms with Crippen LogP contribution in [0.15, 0.2) is 6.20 Å². The topological polar surface area (TPSA) is 64.2 Å². The second-order valence-corrected chi connectivity index (χ2v) is 2.03. The molecule has 0 atom stereocenters. The lowest BCUT2D eigenvalue weighted by atomic mass is 10.5. The number of carbonyl (C=O) groups is 1. The van der Waals surface area contributed by atoms with Gasteiger partial charge in [0.25, 0.3) is 6.01 Å². The summed E-state index contributed by atoms with van der Waals surface area (Å²) in [7, 11) is 1.47. The van der Waals surface area contributed by atoms with Gasteiger partial charge in [-0.1, -0.05) is 0 Å². The highest BCUT2D eigenvalue weighted by molar-refractivity contribution is 5.87. The molecule has 0 aromatic carbocycles. The van der Waals surface area contributed by atoms with Gasteiger partial charge >= 0.3 is 5.97 Å². The number of hydrogen-bond donors (Lipinski definition) is 1. The number of nitrogens with zero attached hydrogens (tertiary/aromatic N) is 1. The van der Waals surface area contributed by atoms with Gasteiger partial charge in [0, 0.05) is 0 Å². The number of aromatic nitrogens is 2.